The Kier molecular flexibility index (Phi) is 3.57. The molecule has 2 aromatic rings. The Labute approximate surface area is 114 Å². The molecule has 0 aliphatic heterocycles. The van der Waals surface area contributed by atoms with Crippen molar-refractivity contribution in [3.05, 3.63) is 29.0 Å². The molecular formula is C10H10ClFN4O2S. The van der Waals surface area contributed by atoms with E-state index in [1.165, 1.54) is 22.8 Å². The SMILES string of the molecule is CCn1c(-c2cc(Cl)ccc2F)nnc1S(N)(=O)=O. The molecule has 102 valence electrons. The molecule has 0 amide bonds. The van der Waals surface area contributed by atoms with Crippen LogP contribution >= 0.6 is 11.6 Å². The summed E-state index contributed by atoms with van der Waals surface area (Å²) in [5.41, 5.74) is 0.0664. The highest BCUT2D eigenvalue weighted by Crippen LogP contribution is 2.26. The van der Waals surface area contributed by atoms with Crippen molar-refractivity contribution >= 4 is 21.6 Å². The second-order valence-electron chi connectivity index (χ2n) is 3.72. The molecule has 0 fully saturated rings. The van der Waals surface area contributed by atoms with Crippen molar-refractivity contribution in [2.24, 2.45) is 5.14 Å². The fourth-order valence-electron chi connectivity index (χ4n) is 1.65. The van der Waals surface area contributed by atoms with Crippen LogP contribution < -0.4 is 5.14 Å². The smallest absolute Gasteiger partial charge is 0.273 e. The Morgan fingerprint density at radius 1 is 1.42 bits per heavy atom. The van der Waals surface area contributed by atoms with Crippen LogP contribution in [-0.4, -0.2) is 23.2 Å². The number of benzene rings is 1. The molecule has 0 aliphatic carbocycles. The number of primary sulfonamides is 1. The third kappa shape index (κ3) is 2.60. The molecule has 0 saturated carbocycles. The molecule has 0 unspecified atom stereocenters. The highest BCUT2D eigenvalue weighted by atomic mass is 35.5. The molecule has 0 atom stereocenters. The van der Waals surface area contributed by atoms with Gasteiger partial charge in [-0.1, -0.05) is 11.6 Å². The minimum Gasteiger partial charge on any atom is -0.297 e. The van der Waals surface area contributed by atoms with E-state index in [0.29, 0.717) is 5.02 Å². The summed E-state index contributed by atoms with van der Waals surface area (Å²) in [6, 6.07) is 3.90. The van der Waals surface area contributed by atoms with Crippen LogP contribution in [0.1, 0.15) is 6.92 Å². The minimum atomic E-state index is -4.02. The fraction of sp³-hybridized carbons (Fsp3) is 0.200. The summed E-state index contributed by atoms with van der Waals surface area (Å²) in [6.07, 6.45) is 0. The first-order chi connectivity index (χ1) is 8.84. The first kappa shape index (κ1) is 13.9. The van der Waals surface area contributed by atoms with Gasteiger partial charge in [0.2, 0.25) is 0 Å². The van der Waals surface area contributed by atoms with Crippen molar-refractivity contribution in [2.75, 3.05) is 0 Å². The van der Waals surface area contributed by atoms with E-state index in [-0.39, 0.29) is 17.9 Å². The summed E-state index contributed by atoms with van der Waals surface area (Å²) in [7, 11) is -4.02. The van der Waals surface area contributed by atoms with Crippen molar-refractivity contribution in [1.29, 1.82) is 0 Å². The van der Waals surface area contributed by atoms with E-state index in [4.69, 9.17) is 16.7 Å². The van der Waals surface area contributed by atoms with Crippen LogP contribution in [0.2, 0.25) is 5.02 Å². The summed E-state index contributed by atoms with van der Waals surface area (Å²) < 4.78 is 37.7. The molecule has 0 bridgehead atoms. The van der Waals surface area contributed by atoms with E-state index in [1.54, 1.807) is 6.92 Å². The third-order valence-corrected chi connectivity index (χ3v) is 3.50. The van der Waals surface area contributed by atoms with E-state index in [2.05, 4.69) is 10.2 Å². The molecule has 1 aromatic carbocycles. The Morgan fingerprint density at radius 3 is 2.68 bits per heavy atom. The summed E-state index contributed by atoms with van der Waals surface area (Å²) >= 11 is 5.79. The van der Waals surface area contributed by atoms with Crippen molar-refractivity contribution in [3.63, 3.8) is 0 Å². The monoisotopic (exact) mass is 304 g/mol. The predicted molar refractivity (Wildman–Crippen MR) is 67.5 cm³/mol. The highest BCUT2D eigenvalue weighted by molar-refractivity contribution is 7.89. The van der Waals surface area contributed by atoms with Crippen LogP contribution in [0, 0.1) is 5.82 Å². The average molecular weight is 305 g/mol. The van der Waals surface area contributed by atoms with E-state index < -0.39 is 21.0 Å². The molecule has 0 aliphatic rings. The summed E-state index contributed by atoms with van der Waals surface area (Å²) in [5, 5.41) is 12.1. The molecule has 0 radical (unpaired) electrons. The molecule has 9 heteroatoms. The van der Waals surface area contributed by atoms with Gasteiger partial charge in [-0.15, -0.1) is 10.2 Å². The minimum absolute atomic E-state index is 0.0616. The summed E-state index contributed by atoms with van der Waals surface area (Å²) in [4.78, 5) is 0. The zero-order chi connectivity index (χ0) is 14.2. The largest absolute Gasteiger partial charge is 0.297 e. The quantitative estimate of drug-likeness (QED) is 0.928. The molecule has 1 heterocycles. The lowest BCUT2D eigenvalue weighted by molar-refractivity contribution is 0.569. The normalized spacial score (nSPS) is 11.8. The van der Waals surface area contributed by atoms with E-state index in [1.807, 2.05) is 0 Å². The van der Waals surface area contributed by atoms with Crippen molar-refractivity contribution < 1.29 is 12.8 Å². The number of hydrogen-bond acceptors (Lipinski definition) is 4. The maximum absolute atomic E-state index is 13.8. The lowest BCUT2D eigenvalue weighted by Gasteiger charge is -2.07. The Hall–Kier alpha value is -1.51. The van der Waals surface area contributed by atoms with E-state index in [9.17, 15) is 12.8 Å². The van der Waals surface area contributed by atoms with E-state index in [0.717, 1.165) is 0 Å². The second-order valence-corrected chi connectivity index (χ2v) is 5.61. The maximum Gasteiger partial charge on any atom is 0.273 e. The van der Waals surface area contributed by atoms with Gasteiger partial charge >= 0.3 is 0 Å². The molecular weight excluding hydrogens is 295 g/mol. The van der Waals surface area contributed by atoms with Crippen LogP contribution in [-0.2, 0) is 16.6 Å². The first-order valence-corrected chi connectivity index (χ1v) is 7.18. The van der Waals surface area contributed by atoms with Gasteiger partial charge in [0.05, 0.1) is 5.56 Å². The molecule has 19 heavy (non-hydrogen) atoms. The number of halogens is 2. The molecule has 0 spiro atoms. The Morgan fingerprint density at radius 2 is 2.11 bits per heavy atom. The molecule has 1 aromatic heterocycles. The zero-order valence-corrected chi connectivity index (χ0v) is 11.4. The van der Waals surface area contributed by atoms with Crippen molar-refractivity contribution in [2.45, 2.75) is 18.6 Å². The highest BCUT2D eigenvalue weighted by Gasteiger charge is 2.22. The second kappa shape index (κ2) is 4.87. The lowest BCUT2D eigenvalue weighted by atomic mass is 10.2. The summed E-state index contributed by atoms with van der Waals surface area (Å²) in [6.45, 7) is 1.89. The molecule has 2 N–H and O–H groups in total. The van der Waals surface area contributed by atoms with Gasteiger partial charge in [0.25, 0.3) is 15.2 Å². The standard InChI is InChI=1S/C10H10ClFN4O2S/c1-2-16-9(14-15-10(16)19(13,17)18)7-5-6(11)3-4-8(7)12/h3-5H,2H2,1H3,(H2,13,17,18). The fourth-order valence-corrected chi connectivity index (χ4v) is 2.50. The number of rotatable bonds is 3. The van der Waals surface area contributed by atoms with Gasteiger partial charge in [-0.25, -0.2) is 17.9 Å². The number of nitrogens with two attached hydrogens (primary N) is 1. The Bertz CT molecular complexity index is 729. The van der Waals surface area contributed by atoms with Gasteiger partial charge in [-0.3, -0.25) is 4.57 Å². The zero-order valence-electron chi connectivity index (χ0n) is 9.84. The first-order valence-electron chi connectivity index (χ1n) is 5.26. The molecule has 2 rings (SSSR count). The lowest BCUT2D eigenvalue weighted by Crippen LogP contribution is -2.18. The third-order valence-electron chi connectivity index (χ3n) is 2.46. The topological polar surface area (TPSA) is 90.9 Å². The number of hydrogen-bond donors (Lipinski definition) is 1. The summed E-state index contributed by atoms with van der Waals surface area (Å²) in [5.74, 6) is -0.515. The Balaban J connectivity index is 2.70. The van der Waals surface area contributed by atoms with Gasteiger partial charge in [0.15, 0.2) is 5.82 Å². The van der Waals surface area contributed by atoms with Crippen LogP contribution in [0.5, 0.6) is 0 Å². The van der Waals surface area contributed by atoms with Gasteiger partial charge in [0, 0.05) is 11.6 Å². The van der Waals surface area contributed by atoms with E-state index >= 15 is 0 Å². The molecule has 6 nitrogen and oxygen atoms in total. The van der Waals surface area contributed by atoms with Crippen LogP contribution in [0.15, 0.2) is 23.4 Å². The predicted octanol–water partition coefficient (Wildman–Crippen LogP) is 1.40. The van der Waals surface area contributed by atoms with Gasteiger partial charge in [-0.05, 0) is 25.1 Å². The van der Waals surface area contributed by atoms with Gasteiger partial charge in [0.1, 0.15) is 5.82 Å². The number of aromatic nitrogens is 3. The van der Waals surface area contributed by atoms with Gasteiger partial charge < -0.3 is 0 Å². The average Bonchev–Trinajstić information content (AvgIpc) is 2.75. The van der Waals surface area contributed by atoms with Crippen molar-refractivity contribution in [1.82, 2.24) is 14.8 Å². The number of nitrogens with zero attached hydrogens (tertiary/aromatic N) is 3. The number of sulfonamides is 1. The van der Waals surface area contributed by atoms with Crippen LogP contribution in [0.3, 0.4) is 0 Å². The molecule has 0 saturated heterocycles. The van der Waals surface area contributed by atoms with Gasteiger partial charge in [-0.2, -0.15) is 0 Å². The van der Waals surface area contributed by atoms with Crippen LogP contribution in [0.25, 0.3) is 11.4 Å². The maximum atomic E-state index is 13.8. The van der Waals surface area contributed by atoms with Crippen LogP contribution in [0.4, 0.5) is 4.39 Å². The van der Waals surface area contributed by atoms with Crippen molar-refractivity contribution in [3.8, 4) is 11.4 Å².